The molecule has 1 amide bonds. The Hall–Kier alpha value is -2.06. The maximum Gasteiger partial charge on any atom is 0.217 e. The Bertz CT molecular complexity index is 659. The Morgan fingerprint density at radius 2 is 1.76 bits per heavy atom. The minimum absolute atomic E-state index is 0.0203. The van der Waals surface area contributed by atoms with Gasteiger partial charge in [-0.15, -0.1) is 0 Å². The van der Waals surface area contributed by atoms with Crippen molar-refractivity contribution >= 4 is 23.1 Å². The van der Waals surface area contributed by atoms with Crippen LogP contribution in [0.15, 0.2) is 54.6 Å². The molecular weight excluding hydrogens is 282 g/mol. The Kier molecular flexibility index (Phi) is 5.18. The molecule has 0 fully saturated rings. The summed E-state index contributed by atoms with van der Waals surface area (Å²) in [7, 11) is 0. The number of rotatable bonds is 4. The molecule has 2 rings (SSSR count). The third-order valence-corrected chi connectivity index (χ3v) is 3.61. The molecule has 0 spiro atoms. The van der Waals surface area contributed by atoms with Crippen molar-refractivity contribution in [1.82, 2.24) is 5.32 Å². The van der Waals surface area contributed by atoms with E-state index in [1.165, 1.54) is 6.92 Å². The molecular formula is C18H18ClNO. The van der Waals surface area contributed by atoms with E-state index in [1.807, 2.05) is 37.3 Å². The topological polar surface area (TPSA) is 29.1 Å². The zero-order chi connectivity index (χ0) is 15.2. The Balaban J connectivity index is 2.16. The monoisotopic (exact) mass is 299 g/mol. The zero-order valence-electron chi connectivity index (χ0n) is 12.2. The van der Waals surface area contributed by atoms with E-state index in [2.05, 4.69) is 29.6 Å². The van der Waals surface area contributed by atoms with Crippen LogP contribution in [0.3, 0.4) is 0 Å². The standard InChI is InChI=1S/C18H18ClNO/c1-13(11-12-20-14(2)21)15-7-9-16(10-8-15)17-5-3-4-6-18(17)19/h3-11H,12H2,1-2H3,(H,20,21). The summed E-state index contributed by atoms with van der Waals surface area (Å²) in [6.07, 6.45) is 2.01. The largest absolute Gasteiger partial charge is 0.353 e. The maximum atomic E-state index is 10.8. The van der Waals surface area contributed by atoms with Gasteiger partial charge in [0.2, 0.25) is 5.91 Å². The summed E-state index contributed by atoms with van der Waals surface area (Å²) in [4.78, 5) is 10.8. The molecule has 0 radical (unpaired) electrons. The molecule has 21 heavy (non-hydrogen) atoms. The minimum Gasteiger partial charge on any atom is -0.353 e. The average molecular weight is 300 g/mol. The van der Waals surface area contributed by atoms with Crippen molar-refractivity contribution in [2.45, 2.75) is 13.8 Å². The fraction of sp³-hybridized carbons (Fsp3) is 0.167. The van der Waals surface area contributed by atoms with Crippen LogP contribution < -0.4 is 5.32 Å². The maximum absolute atomic E-state index is 10.8. The van der Waals surface area contributed by atoms with Crippen molar-refractivity contribution in [3.8, 4) is 11.1 Å². The van der Waals surface area contributed by atoms with Crippen LogP contribution in [-0.2, 0) is 4.79 Å². The lowest BCUT2D eigenvalue weighted by Gasteiger charge is -2.07. The van der Waals surface area contributed by atoms with Gasteiger partial charge in [-0.3, -0.25) is 4.79 Å². The lowest BCUT2D eigenvalue weighted by Crippen LogP contribution is -2.19. The fourth-order valence-electron chi connectivity index (χ4n) is 2.07. The van der Waals surface area contributed by atoms with Gasteiger partial charge in [-0.1, -0.05) is 60.1 Å². The molecule has 0 aromatic heterocycles. The van der Waals surface area contributed by atoms with Crippen molar-refractivity contribution in [1.29, 1.82) is 0 Å². The highest BCUT2D eigenvalue weighted by Gasteiger charge is 2.03. The lowest BCUT2D eigenvalue weighted by atomic mass is 10.0. The lowest BCUT2D eigenvalue weighted by molar-refractivity contribution is -0.118. The van der Waals surface area contributed by atoms with Gasteiger partial charge in [-0.2, -0.15) is 0 Å². The van der Waals surface area contributed by atoms with Crippen LogP contribution in [0.4, 0.5) is 0 Å². The normalized spacial score (nSPS) is 11.3. The van der Waals surface area contributed by atoms with Crippen LogP contribution in [-0.4, -0.2) is 12.5 Å². The van der Waals surface area contributed by atoms with Crippen LogP contribution in [0.1, 0.15) is 19.4 Å². The first kappa shape index (κ1) is 15.3. The molecule has 0 aliphatic rings. The summed E-state index contributed by atoms with van der Waals surface area (Å²) in [6, 6.07) is 16.1. The minimum atomic E-state index is -0.0203. The fourth-order valence-corrected chi connectivity index (χ4v) is 2.32. The molecule has 0 saturated carbocycles. The van der Waals surface area contributed by atoms with Gasteiger partial charge >= 0.3 is 0 Å². The first-order valence-electron chi connectivity index (χ1n) is 6.84. The Morgan fingerprint density at radius 1 is 1.10 bits per heavy atom. The van der Waals surface area contributed by atoms with Gasteiger partial charge in [0.15, 0.2) is 0 Å². The summed E-state index contributed by atoms with van der Waals surface area (Å²) in [5.74, 6) is -0.0203. The molecule has 0 aliphatic carbocycles. The van der Waals surface area contributed by atoms with E-state index in [9.17, 15) is 4.79 Å². The van der Waals surface area contributed by atoms with E-state index in [0.717, 1.165) is 27.3 Å². The smallest absolute Gasteiger partial charge is 0.217 e. The number of carbonyl (C=O) groups excluding carboxylic acids is 1. The Labute approximate surface area is 130 Å². The molecule has 0 saturated heterocycles. The van der Waals surface area contributed by atoms with Gasteiger partial charge in [0.05, 0.1) is 0 Å². The first-order chi connectivity index (χ1) is 10.1. The molecule has 1 N–H and O–H groups in total. The highest BCUT2D eigenvalue weighted by Crippen LogP contribution is 2.28. The average Bonchev–Trinajstić information content (AvgIpc) is 2.47. The van der Waals surface area contributed by atoms with Crippen LogP contribution in [0.5, 0.6) is 0 Å². The number of hydrogen-bond acceptors (Lipinski definition) is 1. The molecule has 2 aromatic carbocycles. The van der Waals surface area contributed by atoms with Crippen molar-refractivity contribution in [2.24, 2.45) is 0 Å². The van der Waals surface area contributed by atoms with E-state index in [0.29, 0.717) is 6.54 Å². The second kappa shape index (κ2) is 7.09. The SMILES string of the molecule is CC(=O)NCC=C(C)c1ccc(-c2ccccc2Cl)cc1. The van der Waals surface area contributed by atoms with Crippen LogP contribution in [0, 0.1) is 0 Å². The van der Waals surface area contributed by atoms with Gasteiger partial charge in [0.1, 0.15) is 0 Å². The second-order valence-corrected chi connectivity index (χ2v) is 5.29. The first-order valence-corrected chi connectivity index (χ1v) is 7.22. The van der Waals surface area contributed by atoms with E-state index >= 15 is 0 Å². The summed E-state index contributed by atoms with van der Waals surface area (Å²) in [6.45, 7) is 4.10. The van der Waals surface area contributed by atoms with E-state index < -0.39 is 0 Å². The third kappa shape index (κ3) is 4.20. The predicted octanol–water partition coefficient (Wildman–Crippen LogP) is 4.55. The summed E-state index contributed by atoms with van der Waals surface area (Å²) in [5.41, 5.74) is 4.40. The van der Waals surface area contributed by atoms with Gasteiger partial charge in [0.25, 0.3) is 0 Å². The van der Waals surface area contributed by atoms with Crippen molar-refractivity contribution < 1.29 is 4.79 Å². The summed E-state index contributed by atoms with van der Waals surface area (Å²) in [5, 5.41) is 3.51. The molecule has 2 aromatic rings. The second-order valence-electron chi connectivity index (χ2n) is 4.88. The molecule has 0 unspecified atom stereocenters. The molecule has 0 heterocycles. The number of carbonyl (C=O) groups is 1. The number of nitrogens with one attached hydrogen (secondary N) is 1. The quantitative estimate of drug-likeness (QED) is 0.882. The van der Waals surface area contributed by atoms with Crippen LogP contribution in [0.2, 0.25) is 5.02 Å². The summed E-state index contributed by atoms with van der Waals surface area (Å²) >= 11 is 6.21. The number of allylic oxidation sites excluding steroid dienone is 1. The highest BCUT2D eigenvalue weighted by molar-refractivity contribution is 6.33. The van der Waals surface area contributed by atoms with Gasteiger partial charge in [-0.05, 0) is 29.7 Å². The Morgan fingerprint density at radius 3 is 2.38 bits per heavy atom. The highest BCUT2D eigenvalue weighted by atomic mass is 35.5. The molecule has 0 aliphatic heterocycles. The summed E-state index contributed by atoms with van der Waals surface area (Å²) < 4.78 is 0. The molecule has 0 bridgehead atoms. The van der Waals surface area contributed by atoms with Crippen LogP contribution in [0.25, 0.3) is 16.7 Å². The van der Waals surface area contributed by atoms with E-state index in [4.69, 9.17) is 11.6 Å². The molecule has 3 heteroatoms. The molecule has 2 nitrogen and oxygen atoms in total. The van der Waals surface area contributed by atoms with E-state index in [1.54, 1.807) is 0 Å². The third-order valence-electron chi connectivity index (χ3n) is 3.28. The molecule has 108 valence electrons. The van der Waals surface area contributed by atoms with Gasteiger partial charge in [0, 0.05) is 24.1 Å². The van der Waals surface area contributed by atoms with Gasteiger partial charge < -0.3 is 5.32 Å². The number of amides is 1. The van der Waals surface area contributed by atoms with Gasteiger partial charge in [-0.25, -0.2) is 0 Å². The predicted molar refractivity (Wildman–Crippen MR) is 89.2 cm³/mol. The molecule has 0 atom stereocenters. The van der Waals surface area contributed by atoms with Crippen molar-refractivity contribution in [3.63, 3.8) is 0 Å². The van der Waals surface area contributed by atoms with Crippen LogP contribution >= 0.6 is 11.6 Å². The zero-order valence-corrected chi connectivity index (χ0v) is 12.9. The van der Waals surface area contributed by atoms with E-state index in [-0.39, 0.29) is 5.91 Å². The number of hydrogen-bond donors (Lipinski definition) is 1. The van der Waals surface area contributed by atoms with Crippen molar-refractivity contribution in [3.05, 3.63) is 65.2 Å². The number of halogens is 1. The number of benzene rings is 2. The van der Waals surface area contributed by atoms with Crippen molar-refractivity contribution in [2.75, 3.05) is 6.54 Å².